The van der Waals surface area contributed by atoms with Gasteiger partial charge in [-0.2, -0.15) is 0 Å². The first-order valence-electron chi connectivity index (χ1n) is 8.38. The Morgan fingerprint density at radius 3 is 2.62 bits per heavy atom. The Labute approximate surface area is 177 Å². The Bertz CT molecular complexity index is 707. The van der Waals surface area contributed by atoms with E-state index in [4.69, 9.17) is 16.3 Å². The van der Waals surface area contributed by atoms with E-state index in [9.17, 15) is 0 Å². The van der Waals surface area contributed by atoms with Crippen LogP contribution < -0.4 is 15.4 Å². The highest BCUT2D eigenvalue weighted by molar-refractivity contribution is 14.0. The van der Waals surface area contributed by atoms with Gasteiger partial charge in [0.2, 0.25) is 0 Å². The first-order chi connectivity index (χ1) is 12.1. The highest BCUT2D eigenvalue weighted by Crippen LogP contribution is 2.19. The predicted molar refractivity (Wildman–Crippen MR) is 119 cm³/mol. The van der Waals surface area contributed by atoms with E-state index in [1.54, 1.807) is 19.4 Å². The third kappa shape index (κ3) is 7.37. The molecule has 0 radical (unpaired) electrons. The number of aromatic nitrogens is 1. The first-order valence-corrected chi connectivity index (χ1v) is 8.76. The van der Waals surface area contributed by atoms with Gasteiger partial charge in [-0.05, 0) is 49.1 Å². The van der Waals surface area contributed by atoms with Crippen LogP contribution in [0.4, 0.5) is 0 Å². The number of guanidine groups is 1. The lowest BCUT2D eigenvalue weighted by Crippen LogP contribution is -2.38. The van der Waals surface area contributed by atoms with E-state index in [-0.39, 0.29) is 24.0 Å². The minimum absolute atomic E-state index is 0. The minimum Gasteiger partial charge on any atom is -0.496 e. The fourth-order valence-corrected chi connectivity index (χ4v) is 2.47. The Morgan fingerprint density at radius 2 is 1.96 bits per heavy atom. The van der Waals surface area contributed by atoms with Crippen molar-refractivity contribution in [1.82, 2.24) is 15.6 Å². The molecule has 0 bridgehead atoms. The average Bonchev–Trinajstić information content (AvgIpc) is 2.62. The highest BCUT2D eigenvalue weighted by Gasteiger charge is 2.02. The zero-order valence-electron chi connectivity index (χ0n) is 15.4. The van der Waals surface area contributed by atoms with Crippen LogP contribution >= 0.6 is 35.6 Å². The number of hydrogen-bond acceptors (Lipinski definition) is 3. The molecule has 0 atom stereocenters. The number of nitrogens with zero attached hydrogens (tertiary/aromatic N) is 2. The Morgan fingerprint density at radius 1 is 1.19 bits per heavy atom. The third-order valence-corrected chi connectivity index (χ3v) is 3.95. The number of aliphatic imine (C=N–C) groups is 1. The molecule has 1 aromatic carbocycles. The molecule has 0 fully saturated rings. The van der Waals surface area contributed by atoms with Gasteiger partial charge in [-0.3, -0.25) is 0 Å². The number of hydrogen-bond donors (Lipinski definition) is 2. The molecule has 142 valence electrons. The summed E-state index contributed by atoms with van der Waals surface area (Å²) in [6, 6.07) is 10.0. The second-order valence-corrected chi connectivity index (χ2v) is 6.05. The van der Waals surface area contributed by atoms with E-state index < -0.39 is 0 Å². The molecule has 2 rings (SSSR count). The monoisotopic (exact) mass is 488 g/mol. The maximum Gasteiger partial charge on any atom is 0.191 e. The van der Waals surface area contributed by atoms with Gasteiger partial charge in [0, 0.05) is 19.3 Å². The number of halogens is 2. The van der Waals surface area contributed by atoms with E-state index in [1.165, 1.54) is 5.56 Å². The molecule has 0 aliphatic carbocycles. The minimum atomic E-state index is 0. The van der Waals surface area contributed by atoms with Crippen molar-refractivity contribution in [2.45, 2.75) is 26.8 Å². The molecule has 0 spiro atoms. The molecular weight excluding hydrogens is 463 g/mol. The van der Waals surface area contributed by atoms with E-state index in [0.29, 0.717) is 11.7 Å². The zero-order valence-corrected chi connectivity index (χ0v) is 18.5. The van der Waals surface area contributed by atoms with Gasteiger partial charge in [-0.25, -0.2) is 9.98 Å². The van der Waals surface area contributed by atoms with Crippen molar-refractivity contribution in [3.63, 3.8) is 0 Å². The molecule has 0 aliphatic heterocycles. The molecule has 5 nitrogen and oxygen atoms in total. The molecule has 0 unspecified atom stereocenters. The smallest absolute Gasteiger partial charge is 0.191 e. The summed E-state index contributed by atoms with van der Waals surface area (Å²) in [6.07, 6.45) is 2.64. The number of nitrogens with one attached hydrogen (secondary N) is 2. The van der Waals surface area contributed by atoms with Gasteiger partial charge in [-0.1, -0.05) is 29.8 Å². The lowest BCUT2D eigenvalue weighted by Gasteiger charge is -2.12. The fourth-order valence-electron chi connectivity index (χ4n) is 2.36. The predicted octanol–water partition coefficient (Wildman–Crippen LogP) is 3.97. The van der Waals surface area contributed by atoms with Crippen LogP contribution in [0.1, 0.15) is 23.6 Å². The van der Waals surface area contributed by atoms with Crippen molar-refractivity contribution in [3.05, 3.63) is 58.4 Å². The maximum absolute atomic E-state index is 5.80. The molecule has 0 saturated heterocycles. The zero-order chi connectivity index (χ0) is 18.1. The van der Waals surface area contributed by atoms with Crippen molar-refractivity contribution >= 4 is 41.5 Å². The van der Waals surface area contributed by atoms with Crippen LogP contribution in [-0.4, -0.2) is 31.1 Å². The molecular formula is C19H26ClIN4O. The number of pyridine rings is 1. The van der Waals surface area contributed by atoms with E-state index in [1.807, 2.05) is 19.9 Å². The van der Waals surface area contributed by atoms with Crippen molar-refractivity contribution in [3.8, 4) is 5.75 Å². The van der Waals surface area contributed by atoms with Crippen molar-refractivity contribution < 1.29 is 4.74 Å². The first kappa shape index (κ1) is 22.5. The van der Waals surface area contributed by atoms with Gasteiger partial charge in [0.25, 0.3) is 0 Å². The standard InChI is InChI=1S/C19H25ClN4O.HI/c1-4-21-19(24-13-16-7-8-18(20)23-12-16)22-10-9-15-6-5-14(2)17(11-15)25-3;/h5-8,11-12H,4,9-10,13H2,1-3H3,(H2,21,22,24);1H. The van der Waals surface area contributed by atoms with Gasteiger partial charge in [0.1, 0.15) is 10.9 Å². The molecule has 0 saturated carbocycles. The Kier molecular flexibility index (Phi) is 10.3. The maximum atomic E-state index is 5.80. The molecule has 0 aliphatic rings. The summed E-state index contributed by atoms with van der Waals surface area (Å²) in [5, 5.41) is 7.10. The molecule has 7 heteroatoms. The van der Waals surface area contributed by atoms with Crippen LogP contribution in [0.25, 0.3) is 0 Å². The average molecular weight is 489 g/mol. The summed E-state index contributed by atoms with van der Waals surface area (Å²) < 4.78 is 5.38. The normalized spacial score (nSPS) is 10.8. The van der Waals surface area contributed by atoms with E-state index in [2.05, 4.69) is 38.8 Å². The number of rotatable bonds is 7. The summed E-state index contributed by atoms with van der Waals surface area (Å²) in [5.41, 5.74) is 3.39. The van der Waals surface area contributed by atoms with Gasteiger partial charge >= 0.3 is 0 Å². The van der Waals surface area contributed by atoms with Gasteiger partial charge < -0.3 is 15.4 Å². The Balaban J connectivity index is 0.00000338. The third-order valence-electron chi connectivity index (χ3n) is 3.73. The summed E-state index contributed by atoms with van der Waals surface area (Å²) in [4.78, 5) is 8.65. The SMILES string of the molecule is CCNC(=NCc1ccc(Cl)nc1)NCCc1ccc(C)c(OC)c1.I. The van der Waals surface area contributed by atoms with Crippen LogP contribution in [0, 0.1) is 6.92 Å². The van der Waals surface area contributed by atoms with Crippen LogP contribution in [0.15, 0.2) is 41.5 Å². The van der Waals surface area contributed by atoms with Crippen molar-refractivity contribution in [2.75, 3.05) is 20.2 Å². The lowest BCUT2D eigenvalue weighted by molar-refractivity contribution is 0.411. The van der Waals surface area contributed by atoms with Crippen LogP contribution in [0.2, 0.25) is 5.15 Å². The molecule has 0 amide bonds. The number of methoxy groups -OCH3 is 1. The largest absolute Gasteiger partial charge is 0.496 e. The number of benzene rings is 1. The van der Waals surface area contributed by atoms with Gasteiger partial charge in [-0.15, -0.1) is 24.0 Å². The van der Waals surface area contributed by atoms with E-state index >= 15 is 0 Å². The second-order valence-electron chi connectivity index (χ2n) is 5.67. The van der Waals surface area contributed by atoms with E-state index in [0.717, 1.165) is 42.3 Å². The number of ether oxygens (including phenoxy) is 1. The van der Waals surface area contributed by atoms with Crippen molar-refractivity contribution in [1.29, 1.82) is 0 Å². The lowest BCUT2D eigenvalue weighted by atomic mass is 10.1. The van der Waals surface area contributed by atoms with Gasteiger partial charge in [0.15, 0.2) is 5.96 Å². The molecule has 2 N–H and O–H groups in total. The number of aryl methyl sites for hydroxylation is 1. The molecule has 2 aromatic rings. The summed E-state index contributed by atoms with van der Waals surface area (Å²) in [6.45, 7) is 6.24. The van der Waals surface area contributed by atoms with Crippen LogP contribution in [0.3, 0.4) is 0 Å². The topological polar surface area (TPSA) is 58.5 Å². The second kappa shape index (κ2) is 12.0. The quantitative estimate of drug-likeness (QED) is 0.268. The van der Waals surface area contributed by atoms with Crippen LogP contribution in [-0.2, 0) is 13.0 Å². The highest BCUT2D eigenvalue weighted by atomic mass is 127. The van der Waals surface area contributed by atoms with Crippen LogP contribution in [0.5, 0.6) is 5.75 Å². The molecule has 1 heterocycles. The fraction of sp³-hybridized carbons (Fsp3) is 0.368. The van der Waals surface area contributed by atoms with Gasteiger partial charge in [0.05, 0.1) is 13.7 Å². The summed E-state index contributed by atoms with van der Waals surface area (Å²) >= 11 is 5.80. The molecule has 26 heavy (non-hydrogen) atoms. The van der Waals surface area contributed by atoms with Crippen molar-refractivity contribution in [2.24, 2.45) is 4.99 Å². The summed E-state index contributed by atoms with van der Waals surface area (Å²) in [7, 11) is 1.70. The Hall–Kier alpha value is -1.54. The summed E-state index contributed by atoms with van der Waals surface area (Å²) in [5.74, 6) is 1.71. The molecule has 1 aromatic heterocycles.